The number of ether oxygens (including phenoxy) is 1. The highest BCUT2D eigenvalue weighted by Crippen LogP contribution is 2.21. The van der Waals surface area contributed by atoms with Crippen molar-refractivity contribution in [1.82, 2.24) is 5.43 Å². The van der Waals surface area contributed by atoms with Crippen LogP contribution in [-0.4, -0.2) is 18.1 Å². The molecule has 4 aromatic rings. The molecule has 0 spiro atoms. The molecule has 148 valence electrons. The van der Waals surface area contributed by atoms with E-state index in [9.17, 15) is 9.59 Å². The summed E-state index contributed by atoms with van der Waals surface area (Å²) in [5.41, 5.74) is 3.61. The zero-order valence-corrected chi connectivity index (χ0v) is 17.1. The number of hydrazone groups is 1. The Kier molecular flexibility index (Phi) is 5.72. The summed E-state index contributed by atoms with van der Waals surface area (Å²) in [4.78, 5) is 24.4. The summed E-state index contributed by atoms with van der Waals surface area (Å²) in [5, 5.41) is 5.71. The van der Waals surface area contributed by atoms with Crippen molar-refractivity contribution in [1.29, 1.82) is 0 Å². The molecule has 3 aromatic carbocycles. The monoisotopic (exact) mass is 462 g/mol. The second-order valence-corrected chi connectivity index (χ2v) is 7.07. The molecule has 7 heteroatoms. The van der Waals surface area contributed by atoms with E-state index < -0.39 is 11.9 Å². The largest absolute Gasteiger partial charge is 0.444 e. The smallest absolute Gasteiger partial charge is 0.344 e. The Hall–Kier alpha value is -3.71. The van der Waals surface area contributed by atoms with Crippen LogP contribution in [-0.2, 0) is 0 Å². The summed E-state index contributed by atoms with van der Waals surface area (Å²) in [7, 11) is 0. The molecule has 0 saturated carbocycles. The number of fused-ring (bicyclic) bond motifs is 1. The van der Waals surface area contributed by atoms with E-state index in [4.69, 9.17) is 9.15 Å². The minimum Gasteiger partial charge on any atom is -0.444 e. The number of esters is 1. The van der Waals surface area contributed by atoms with Crippen molar-refractivity contribution in [2.45, 2.75) is 0 Å². The van der Waals surface area contributed by atoms with E-state index in [0.717, 1.165) is 16.3 Å². The number of nitrogens with one attached hydrogen (secondary N) is 1. The number of nitrogens with zero attached hydrogens (tertiary/aromatic N) is 1. The van der Waals surface area contributed by atoms with Crippen LogP contribution in [0.3, 0.4) is 0 Å². The zero-order valence-electron chi connectivity index (χ0n) is 15.5. The van der Waals surface area contributed by atoms with Gasteiger partial charge in [-0.2, -0.15) is 5.10 Å². The lowest BCUT2D eigenvalue weighted by molar-refractivity contribution is 0.0736. The Morgan fingerprint density at radius 2 is 1.70 bits per heavy atom. The molecule has 30 heavy (non-hydrogen) atoms. The standard InChI is InChI=1S/C23H15BrN2O4/c24-21-13-12-20(30-21)22(27)26-25-14-15-8-10-17(11-9-15)29-23(28)19-7-3-5-16-4-1-2-6-18(16)19/h1-14H,(H,26,27)/b25-14-. The molecule has 1 N–H and O–H groups in total. The van der Waals surface area contributed by atoms with E-state index in [2.05, 4.69) is 26.5 Å². The minimum absolute atomic E-state index is 0.148. The third kappa shape index (κ3) is 4.47. The van der Waals surface area contributed by atoms with Gasteiger partial charge in [0.05, 0.1) is 11.8 Å². The van der Waals surface area contributed by atoms with E-state index in [1.807, 2.05) is 36.4 Å². The number of halogens is 1. The van der Waals surface area contributed by atoms with Crippen LogP contribution in [0.1, 0.15) is 26.5 Å². The Balaban J connectivity index is 1.39. The van der Waals surface area contributed by atoms with E-state index in [1.165, 1.54) is 12.3 Å². The summed E-state index contributed by atoms with van der Waals surface area (Å²) in [5.74, 6) is -0.327. The number of rotatable bonds is 5. The fraction of sp³-hybridized carbons (Fsp3) is 0. The van der Waals surface area contributed by atoms with Gasteiger partial charge in [-0.1, -0.05) is 36.4 Å². The predicted molar refractivity (Wildman–Crippen MR) is 117 cm³/mol. The van der Waals surface area contributed by atoms with Gasteiger partial charge in [-0.05, 0) is 74.7 Å². The highest BCUT2D eigenvalue weighted by Gasteiger charge is 2.12. The third-order valence-corrected chi connectivity index (χ3v) is 4.70. The van der Waals surface area contributed by atoms with Crippen LogP contribution < -0.4 is 10.2 Å². The molecule has 1 heterocycles. The van der Waals surface area contributed by atoms with Crippen LogP contribution in [0.5, 0.6) is 5.75 Å². The number of furan rings is 1. The molecule has 4 rings (SSSR count). The molecule has 0 unspecified atom stereocenters. The molecule has 0 fully saturated rings. The number of carbonyl (C=O) groups excluding carboxylic acids is 2. The molecule has 0 radical (unpaired) electrons. The van der Waals surface area contributed by atoms with Crippen LogP contribution >= 0.6 is 15.9 Å². The number of benzene rings is 3. The van der Waals surface area contributed by atoms with Crippen molar-refractivity contribution >= 4 is 44.8 Å². The topological polar surface area (TPSA) is 80.9 Å². The molecule has 0 aliphatic rings. The normalized spacial score (nSPS) is 11.0. The van der Waals surface area contributed by atoms with Crippen molar-refractivity contribution < 1.29 is 18.7 Å². The van der Waals surface area contributed by atoms with Crippen molar-refractivity contribution in [2.75, 3.05) is 0 Å². The minimum atomic E-state index is -0.461. The van der Waals surface area contributed by atoms with Gasteiger partial charge in [0, 0.05) is 0 Å². The quantitative estimate of drug-likeness (QED) is 0.192. The first-order chi connectivity index (χ1) is 14.6. The van der Waals surface area contributed by atoms with Gasteiger partial charge in [0.2, 0.25) is 0 Å². The van der Waals surface area contributed by atoms with Crippen molar-refractivity contribution in [3.8, 4) is 5.75 Å². The SMILES string of the molecule is O=C(N/N=C\c1ccc(OC(=O)c2cccc3ccccc23)cc1)c1ccc(Br)o1. The van der Waals surface area contributed by atoms with Gasteiger partial charge in [-0.15, -0.1) is 0 Å². The number of amides is 1. The second kappa shape index (κ2) is 8.75. The van der Waals surface area contributed by atoms with Gasteiger partial charge in [0.25, 0.3) is 0 Å². The zero-order chi connectivity index (χ0) is 20.9. The average Bonchev–Trinajstić information content (AvgIpc) is 3.21. The Morgan fingerprint density at radius 3 is 2.47 bits per heavy atom. The first-order valence-corrected chi connectivity index (χ1v) is 9.78. The van der Waals surface area contributed by atoms with Crippen LogP contribution in [0.4, 0.5) is 0 Å². The average molecular weight is 463 g/mol. The molecule has 6 nitrogen and oxygen atoms in total. The summed E-state index contributed by atoms with van der Waals surface area (Å²) < 4.78 is 11.1. The Labute approximate surface area is 180 Å². The number of hydrogen-bond donors (Lipinski definition) is 1. The summed E-state index contributed by atoms with van der Waals surface area (Å²) >= 11 is 3.13. The maximum Gasteiger partial charge on any atom is 0.344 e. The highest BCUT2D eigenvalue weighted by atomic mass is 79.9. The molecule has 0 aliphatic carbocycles. The van der Waals surface area contributed by atoms with Crippen LogP contribution in [0.15, 0.2) is 93.1 Å². The molecular weight excluding hydrogens is 448 g/mol. The molecule has 0 bridgehead atoms. The number of hydrogen-bond acceptors (Lipinski definition) is 5. The maximum atomic E-state index is 12.6. The van der Waals surface area contributed by atoms with Crippen molar-refractivity contribution in [3.05, 3.63) is 100 Å². The van der Waals surface area contributed by atoms with Crippen molar-refractivity contribution in [2.24, 2.45) is 5.10 Å². The van der Waals surface area contributed by atoms with E-state index in [0.29, 0.717) is 16.0 Å². The first kappa shape index (κ1) is 19.6. The lowest BCUT2D eigenvalue weighted by atomic mass is 10.0. The third-order valence-electron chi connectivity index (χ3n) is 4.28. The van der Waals surface area contributed by atoms with E-state index in [-0.39, 0.29) is 5.76 Å². The van der Waals surface area contributed by atoms with Crippen LogP contribution in [0.25, 0.3) is 10.8 Å². The van der Waals surface area contributed by atoms with Crippen LogP contribution in [0.2, 0.25) is 0 Å². The lowest BCUT2D eigenvalue weighted by Gasteiger charge is -2.07. The molecule has 0 aliphatic heterocycles. The van der Waals surface area contributed by atoms with Gasteiger partial charge >= 0.3 is 11.9 Å². The molecule has 1 amide bonds. The molecule has 0 saturated heterocycles. The summed E-state index contributed by atoms with van der Waals surface area (Å²) in [6, 6.07) is 23.1. The first-order valence-electron chi connectivity index (χ1n) is 8.99. The van der Waals surface area contributed by atoms with Gasteiger partial charge in [-0.3, -0.25) is 4.79 Å². The van der Waals surface area contributed by atoms with E-state index >= 15 is 0 Å². The Bertz CT molecular complexity index is 1240. The highest BCUT2D eigenvalue weighted by molar-refractivity contribution is 9.10. The fourth-order valence-corrected chi connectivity index (χ4v) is 3.15. The van der Waals surface area contributed by atoms with Gasteiger partial charge in [0.15, 0.2) is 10.4 Å². The van der Waals surface area contributed by atoms with Crippen LogP contribution in [0, 0.1) is 0 Å². The number of carbonyl (C=O) groups is 2. The lowest BCUT2D eigenvalue weighted by Crippen LogP contribution is -2.16. The maximum absolute atomic E-state index is 12.6. The molecular formula is C23H15BrN2O4. The predicted octanol–water partition coefficient (Wildman–Crippen LogP) is 5.18. The second-order valence-electron chi connectivity index (χ2n) is 6.29. The van der Waals surface area contributed by atoms with E-state index in [1.54, 1.807) is 36.4 Å². The summed E-state index contributed by atoms with van der Waals surface area (Å²) in [6.45, 7) is 0. The van der Waals surface area contributed by atoms with Gasteiger partial charge in [0.1, 0.15) is 5.75 Å². The van der Waals surface area contributed by atoms with Gasteiger partial charge in [-0.25, -0.2) is 10.2 Å². The molecule has 0 atom stereocenters. The van der Waals surface area contributed by atoms with Gasteiger partial charge < -0.3 is 9.15 Å². The Morgan fingerprint density at radius 1 is 0.933 bits per heavy atom. The van der Waals surface area contributed by atoms with Crippen molar-refractivity contribution in [3.63, 3.8) is 0 Å². The summed E-state index contributed by atoms with van der Waals surface area (Å²) in [6.07, 6.45) is 1.48. The molecule has 1 aromatic heterocycles. The fourth-order valence-electron chi connectivity index (χ4n) is 2.84.